The van der Waals surface area contributed by atoms with Crippen LogP contribution in [-0.4, -0.2) is 20.6 Å². The molecule has 0 aliphatic carbocycles. The number of nitrogens with zero attached hydrogens (tertiary/aromatic N) is 2. The van der Waals surface area contributed by atoms with Crippen LogP contribution in [0.15, 0.2) is 18.7 Å². The van der Waals surface area contributed by atoms with Crippen LogP contribution >= 0.6 is 12.4 Å². The maximum absolute atomic E-state index is 10.2. The molecule has 0 amide bonds. The Kier molecular flexibility index (Phi) is 7.72. The Labute approximate surface area is 95.7 Å². The van der Waals surface area contributed by atoms with Crippen LogP contribution in [0, 0.1) is 0 Å². The van der Waals surface area contributed by atoms with Crippen LogP contribution in [0.4, 0.5) is 0 Å². The van der Waals surface area contributed by atoms with Gasteiger partial charge in [0.15, 0.2) is 0 Å². The van der Waals surface area contributed by atoms with Crippen molar-refractivity contribution < 1.29 is 9.90 Å². The highest BCUT2D eigenvalue weighted by molar-refractivity contribution is 5.85. The van der Waals surface area contributed by atoms with Crippen LogP contribution in [0.25, 0.3) is 0 Å². The van der Waals surface area contributed by atoms with Gasteiger partial charge in [-0.2, -0.15) is 0 Å². The topological polar surface area (TPSA) is 55.1 Å². The third-order valence-corrected chi connectivity index (χ3v) is 2.12. The second-order valence-electron chi connectivity index (χ2n) is 3.36. The molecule has 1 rings (SSSR count). The summed E-state index contributed by atoms with van der Waals surface area (Å²) in [4.78, 5) is 14.2. The van der Waals surface area contributed by atoms with Crippen LogP contribution < -0.4 is 0 Å². The van der Waals surface area contributed by atoms with E-state index in [-0.39, 0.29) is 12.4 Å². The fraction of sp³-hybridized carbons (Fsp3) is 0.600. The number of carbonyl (C=O) groups is 1. The highest BCUT2D eigenvalue weighted by Crippen LogP contribution is 2.04. The van der Waals surface area contributed by atoms with Crippen molar-refractivity contribution >= 4 is 18.4 Å². The molecule has 1 aromatic heterocycles. The minimum Gasteiger partial charge on any atom is -0.481 e. The first-order valence-electron chi connectivity index (χ1n) is 4.96. The number of rotatable bonds is 7. The Morgan fingerprint density at radius 3 is 2.60 bits per heavy atom. The normalized spacial score (nSPS) is 9.60. The van der Waals surface area contributed by atoms with Gasteiger partial charge in [0, 0.05) is 25.4 Å². The molecule has 0 fully saturated rings. The molecule has 0 aliphatic rings. The summed E-state index contributed by atoms with van der Waals surface area (Å²) in [6.45, 7) is 0.979. The Hall–Kier alpha value is -1.03. The van der Waals surface area contributed by atoms with Crippen LogP contribution in [-0.2, 0) is 11.3 Å². The van der Waals surface area contributed by atoms with Gasteiger partial charge in [0.05, 0.1) is 6.33 Å². The van der Waals surface area contributed by atoms with E-state index in [0.717, 1.165) is 32.2 Å². The molecule has 0 unspecified atom stereocenters. The SMILES string of the molecule is Cl.O=C(O)CCCCCCn1ccnc1. The fourth-order valence-electron chi connectivity index (χ4n) is 1.34. The molecule has 1 N–H and O–H groups in total. The third kappa shape index (κ3) is 6.96. The summed E-state index contributed by atoms with van der Waals surface area (Å²) in [7, 11) is 0. The van der Waals surface area contributed by atoms with Gasteiger partial charge < -0.3 is 9.67 Å². The Morgan fingerprint density at radius 1 is 1.27 bits per heavy atom. The fourth-order valence-corrected chi connectivity index (χ4v) is 1.34. The lowest BCUT2D eigenvalue weighted by molar-refractivity contribution is -0.137. The molecule has 15 heavy (non-hydrogen) atoms. The molecule has 1 aromatic rings. The van der Waals surface area contributed by atoms with Crippen molar-refractivity contribution in [3.8, 4) is 0 Å². The number of hydrogen-bond donors (Lipinski definition) is 1. The summed E-state index contributed by atoms with van der Waals surface area (Å²) < 4.78 is 2.04. The van der Waals surface area contributed by atoms with Crippen molar-refractivity contribution in [1.82, 2.24) is 9.55 Å². The highest BCUT2D eigenvalue weighted by atomic mass is 35.5. The zero-order valence-corrected chi connectivity index (χ0v) is 9.45. The molecule has 0 aromatic carbocycles. The molecule has 0 saturated heterocycles. The minimum absolute atomic E-state index is 0. The van der Waals surface area contributed by atoms with Crippen LogP contribution in [0.3, 0.4) is 0 Å². The van der Waals surface area contributed by atoms with Gasteiger partial charge in [0.25, 0.3) is 0 Å². The number of hydrogen-bond acceptors (Lipinski definition) is 2. The van der Waals surface area contributed by atoms with E-state index in [9.17, 15) is 4.79 Å². The van der Waals surface area contributed by atoms with Gasteiger partial charge in [0.2, 0.25) is 0 Å². The summed E-state index contributed by atoms with van der Waals surface area (Å²) in [6, 6.07) is 0. The van der Waals surface area contributed by atoms with Gasteiger partial charge in [-0.1, -0.05) is 12.8 Å². The quantitative estimate of drug-likeness (QED) is 0.735. The first kappa shape index (κ1) is 14.0. The second kappa shape index (κ2) is 8.29. The van der Waals surface area contributed by atoms with Gasteiger partial charge in [-0.15, -0.1) is 12.4 Å². The van der Waals surface area contributed by atoms with Crippen LogP contribution in [0.5, 0.6) is 0 Å². The van der Waals surface area contributed by atoms with Crippen molar-refractivity contribution in [2.75, 3.05) is 0 Å². The second-order valence-corrected chi connectivity index (χ2v) is 3.36. The van der Waals surface area contributed by atoms with Crippen LogP contribution in [0.1, 0.15) is 32.1 Å². The predicted molar refractivity (Wildman–Crippen MR) is 60.2 cm³/mol. The summed E-state index contributed by atoms with van der Waals surface area (Å²) >= 11 is 0. The maximum Gasteiger partial charge on any atom is 0.303 e. The molecule has 4 nitrogen and oxygen atoms in total. The summed E-state index contributed by atoms with van der Waals surface area (Å²) in [5.74, 6) is -0.695. The lowest BCUT2D eigenvalue weighted by Gasteiger charge is -2.01. The van der Waals surface area contributed by atoms with Crippen molar-refractivity contribution in [2.45, 2.75) is 38.6 Å². The van der Waals surface area contributed by atoms with Gasteiger partial charge in [-0.25, -0.2) is 4.98 Å². The van der Waals surface area contributed by atoms with E-state index in [1.165, 1.54) is 0 Å². The Balaban J connectivity index is 0.00000196. The summed E-state index contributed by atoms with van der Waals surface area (Å²) in [5.41, 5.74) is 0. The Morgan fingerprint density at radius 2 is 2.00 bits per heavy atom. The number of carboxylic acids is 1. The molecule has 86 valence electrons. The maximum atomic E-state index is 10.2. The Bertz CT molecular complexity index is 262. The molecule has 0 aliphatic heterocycles. The number of halogens is 1. The van der Waals surface area contributed by atoms with E-state index >= 15 is 0 Å². The first-order chi connectivity index (χ1) is 6.79. The minimum atomic E-state index is -0.695. The first-order valence-corrected chi connectivity index (χ1v) is 4.96. The molecule has 0 bridgehead atoms. The zero-order valence-electron chi connectivity index (χ0n) is 8.63. The van der Waals surface area contributed by atoms with Crippen molar-refractivity contribution in [2.24, 2.45) is 0 Å². The summed E-state index contributed by atoms with van der Waals surface area (Å²) in [5, 5.41) is 8.41. The molecular formula is C10H17ClN2O2. The monoisotopic (exact) mass is 232 g/mol. The predicted octanol–water partition coefficient (Wildman–Crippen LogP) is 2.34. The number of unbranched alkanes of at least 4 members (excludes halogenated alkanes) is 3. The van der Waals surface area contributed by atoms with E-state index < -0.39 is 5.97 Å². The van der Waals surface area contributed by atoms with Gasteiger partial charge in [-0.05, 0) is 12.8 Å². The molecule has 0 spiro atoms. The van der Waals surface area contributed by atoms with Crippen molar-refractivity contribution in [1.29, 1.82) is 0 Å². The van der Waals surface area contributed by atoms with Gasteiger partial charge in [-0.3, -0.25) is 4.79 Å². The number of aliphatic carboxylic acids is 1. The lowest BCUT2D eigenvalue weighted by Crippen LogP contribution is -1.96. The zero-order chi connectivity index (χ0) is 10.2. The highest BCUT2D eigenvalue weighted by Gasteiger charge is 1.96. The van der Waals surface area contributed by atoms with Crippen LogP contribution in [0.2, 0.25) is 0 Å². The average Bonchev–Trinajstić information content (AvgIpc) is 2.63. The number of carboxylic acid groups (broad SMARTS) is 1. The number of imidazole rings is 1. The van der Waals surface area contributed by atoms with Crippen molar-refractivity contribution in [3.63, 3.8) is 0 Å². The van der Waals surface area contributed by atoms with E-state index in [1.54, 1.807) is 12.5 Å². The molecule has 0 radical (unpaired) electrons. The standard InChI is InChI=1S/C10H16N2O2.ClH/c13-10(14)5-3-1-2-4-7-12-8-6-11-9-12;/h6,8-9H,1-5,7H2,(H,13,14);1H. The lowest BCUT2D eigenvalue weighted by atomic mass is 10.1. The van der Waals surface area contributed by atoms with E-state index in [2.05, 4.69) is 4.98 Å². The van der Waals surface area contributed by atoms with E-state index in [1.807, 2.05) is 10.8 Å². The van der Waals surface area contributed by atoms with Gasteiger partial charge in [0.1, 0.15) is 0 Å². The molecule has 5 heteroatoms. The average molecular weight is 233 g/mol. The molecule has 0 atom stereocenters. The number of aryl methyl sites for hydroxylation is 1. The molecule has 0 saturated carbocycles. The van der Waals surface area contributed by atoms with E-state index in [0.29, 0.717) is 6.42 Å². The number of aromatic nitrogens is 2. The van der Waals surface area contributed by atoms with Gasteiger partial charge >= 0.3 is 5.97 Å². The van der Waals surface area contributed by atoms with E-state index in [4.69, 9.17) is 5.11 Å². The molecular weight excluding hydrogens is 216 g/mol. The summed E-state index contributed by atoms with van der Waals surface area (Å²) in [6.07, 6.45) is 9.78. The molecule has 1 heterocycles. The van der Waals surface area contributed by atoms with Crippen molar-refractivity contribution in [3.05, 3.63) is 18.7 Å². The smallest absolute Gasteiger partial charge is 0.303 e. The largest absolute Gasteiger partial charge is 0.481 e. The third-order valence-electron chi connectivity index (χ3n) is 2.12.